The zero-order chi connectivity index (χ0) is 13.9. The molecule has 1 aromatic heterocycles. The zero-order valence-electron chi connectivity index (χ0n) is 10.6. The highest BCUT2D eigenvalue weighted by molar-refractivity contribution is 8.14. The van der Waals surface area contributed by atoms with Gasteiger partial charge in [-0.25, -0.2) is 0 Å². The van der Waals surface area contributed by atoms with Crippen molar-refractivity contribution in [2.45, 2.75) is 6.54 Å². The van der Waals surface area contributed by atoms with Crippen LogP contribution in [0.4, 0.5) is 0 Å². The standard InChI is InChI=1S/C13H12N4O2S/c18-11-7-15-17(10-4-2-1-3-9(10)11)8-12(19)16-13-14-5-6-20-13/h1-4,7H,5-6,8H2,(H,14,16,19). The Hall–Kier alpha value is -2.15. The van der Waals surface area contributed by atoms with E-state index in [1.807, 2.05) is 6.07 Å². The van der Waals surface area contributed by atoms with Crippen LogP contribution in [-0.2, 0) is 11.3 Å². The van der Waals surface area contributed by atoms with Gasteiger partial charge in [0, 0.05) is 11.1 Å². The molecular formula is C13H12N4O2S. The SMILES string of the molecule is O=C(Cn1ncc(=O)c2ccccc21)NC1=NCCS1. The van der Waals surface area contributed by atoms with Crippen molar-refractivity contribution in [3.8, 4) is 0 Å². The van der Waals surface area contributed by atoms with Crippen LogP contribution in [-0.4, -0.2) is 33.2 Å². The number of nitrogens with one attached hydrogen (secondary N) is 1. The Morgan fingerprint density at radius 3 is 3.05 bits per heavy atom. The number of thioether (sulfide) groups is 1. The highest BCUT2D eigenvalue weighted by Gasteiger charge is 2.12. The third kappa shape index (κ3) is 2.57. The summed E-state index contributed by atoms with van der Waals surface area (Å²) < 4.78 is 1.52. The molecule has 2 heterocycles. The van der Waals surface area contributed by atoms with Crippen molar-refractivity contribution in [3.05, 3.63) is 40.7 Å². The Morgan fingerprint density at radius 2 is 2.25 bits per heavy atom. The highest BCUT2D eigenvalue weighted by atomic mass is 32.2. The summed E-state index contributed by atoms with van der Waals surface area (Å²) in [7, 11) is 0. The zero-order valence-corrected chi connectivity index (χ0v) is 11.4. The van der Waals surface area contributed by atoms with E-state index < -0.39 is 0 Å². The molecule has 0 spiro atoms. The summed E-state index contributed by atoms with van der Waals surface area (Å²) >= 11 is 1.53. The number of fused-ring (bicyclic) bond motifs is 1. The van der Waals surface area contributed by atoms with E-state index in [2.05, 4.69) is 15.4 Å². The van der Waals surface area contributed by atoms with Gasteiger partial charge in [0.1, 0.15) is 6.54 Å². The second-order valence-corrected chi connectivity index (χ2v) is 5.35. The summed E-state index contributed by atoms with van der Waals surface area (Å²) in [6, 6.07) is 7.11. The van der Waals surface area contributed by atoms with E-state index >= 15 is 0 Å². The Kier molecular flexibility index (Phi) is 3.51. The van der Waals surface area contributed by atoms with E-state index in [4.69, 9.17) is 0 Å². The molecule has 0 radical (unpaired) electrons. The molecule has 1 N–H and O–H groups in total. The first-order valence-electron chi connectivity index (χ1n) is 6.16. The van der Waals surface area contributed by atoms with E-state index in [0.29, 0.717) is 16.1 Å². The molecule has 0 saturated carbocycles. The third-order valence-corrected chi connectivity index (χ3v) is 3.78. The van der Waals surface area contributed by atoms with Crippen LogP contribution in [0.5, 0.6) is 0 Å². The molecule has 1 aliphatic heterocycles. The maximum absolute atomic E-state index is 12.0. The summed E-state index contributed by atoms with van der Waals surface area (Å²) in [5, 5.41) is 7.97. The fourth-order valence-electron chi connectivity index (χ4n) is 1.99. The lowest BCUT2D eigenvalue weighted by Crippen LogP contribution is -2.32. The largest absolute Gasteiger partial charge is 0.304 e. The Balaban J connectivity index is 1.85. The van der Waals surface area contributed by atoms with Gasteiger partial charge in [0.25, 0.3) is 0 Å². The van der Waals surface area contributed by atoms with Gasteiger partial charge in [-0.3, -0.25) is 19.3 Å². The normalized spacial score (nSPS) is 14.3. The number of aromatic nitrogens is 2. The van der Waals surface area contributed by atoms with Crippen molar-refractivity contribution in [3.63, 3.8) is 0 Å². The number of carbonyl (C=O) groups excluding carboxylic acids is 1. The van der Waals surface area contributed by atoms with E-state index in [0.717, 1.165) is 12.3 Å². The maximum Gasteiger partial charge on any atom is 0.247 e. The van der Waals surface area contributed by atoms with Crippen LogP contribution in [0.2, 0.25) is 0 Å². The van der Waals surface area contributed by atoms with Gasteiger partial charge < -0.3 is 5.32 Å². The number of carbonyl (C=O) groups is 1. The topological polar surface area (TPSA) is 76.3 Å². The molecule has 1 aromatic carbocycles. The molecule has 0 atom stereocenters. The Morgan fingerprint density at radius 1 is 1.40 bits per heavy atom. The maximum atomic E-state index is 12.0. The van der Waals surface area contributed by atoms with Crippen LogP contribution in [0.1, 0.15) is 0 Å². The predicted molar refractivity (Wildman–Crippen MR) is 78.9 cm³/mol. The van der Waals surface area contributed by atoms with Crippen LogP contribution in [0, 0.1) is 0 Å². The molecule has 20 heavy (non-hydrogen) atoms. The summed E-state index contributed by atoms with van der Waals surface area (Å²) in [5.41, 5.74) is 0.504. The highest BCUT2D eigenvalue weighted by Crippen LogP contribution is 2.10. The quantitative estimate of drug-likeness (QED) is 0.878. The first-order chi connectivity index (χ1) is 9.74. The fourth-order valence-corrected chi connectivity index (χ4v) is 2.74. The van der Waals surface area contributed by atoms with Crippen molar-refractivity contribution in [2.75, 3.05) is 12.3 Å². The van der Waals surface area contributed by atoms with Crippen molar-refractivity contribution < 1.29 is 4.79 Å². The smallest absolute Gasteiger partial charge is 0.247 e. The van der Waals surface area contributed by atoms with E-state index in [-0.39, 0.29) is 17.9 Å². The average Bonchev–Trinajstić information content (AvgIpc) is 2.95. The number of nitrogens with zero attached hydrogens (tertiary/aromatic N) is 3. The molecular weight excluding hydrogens is 276 g/mol. The molecule has 6 nitrogen and oxygen atoms in total. The number of hydrogen-bond acceptors (Lipinski definition) is 5. The number of rotatable bonds is 2. The van der Waals surface area contributed by atoms with Gasteiger partial charge in [-0.2, -0.15) is 5.10 Å². The minimum Gasteiger partial charge on any atom is -0.304 e. The second kappa shape index (κ2) is 5.46. The molecule has 1 amide bonds. The van der Waals surface area contributed by atoms with Crippen LogP contribution in [0.25, 0.3) is 10.9 Å². The van der Waals surface area contributed by atoms with E-state index in [1.54, 1.807) is 18.2 Å². The van der Waals surface area contributed by atoms with Gasteiger partial charge in [0.05, 0.1) is 18.3 Å². The Labute approximate surface area is 118 Å². The van der Waals surface area contributed by atoms with Crippen LogP contribution < -0.4 is 10.7 Å². The van der Waals surface area contributed by atoms with E-state index in [9.17, 15) is 9.59 Å². The second-order valence-electron chi connectivity index (χ2n) is 4.27. The minimum atomic E-state index is -0.195. The van der Waals surface area contributed by atoms with Crippen LogP contribution >= 0.6 is 11.8 Å². The first-order valence-corrected chi connectivity index (χ1v) is 7.14. The number of hydrogen-bond donors (Lipinski definition) is 1. The molecule has 0 bridgehead atoms. The molecule has 102 valence electrons. The third-order valence-electron chi connectivity index (χ3n) is 2.89. The van der Waals surface area contributed by atoms with Gasteiger partial charge in [-0.05, 0) is 12.1 Å². The van der Waals surface area contributed by atoms with Crippen molar-refractivity contribution in [1.29, 1.82) is 0 Å². The van der Waals surface area contributed by atoms with Gasteiger partial charge >= 0.3 is 0 Å². The lowest BCUT2D eigenvalue weighted by Gasteiger charge is -2.09. The summed E-state index contributed by atoms with van der Waals surface area (Å²) in [6.07, 6.45) is 1.23. The predicted octanol–water partition coefficient (Wildman–Crippen LogP) is 0.615. The number of para-hydroxylation sites is 1. The number of aliphatic imine (C=N–C) groups is 1. The number of amides is 1. The molecule has 0 saturated heterocycles. The first kappa shape index (κ1) is 12.9. The molecule has 0 fully saturated rings. The molecule has 0 unspecified atom stereocenters. The van der Waals surface area contributed by atoms with Gasteiger partial charge in [-0.1, -0.05) is 23.9 Å². The van der Waals surface area contributed by atoms with Crippen molar-refractivity contribution in [1.82, 2.24) is 15.1 Å². The lowest BCUT2D eigenvalue weighted by molar-refractivity contribution is -0.120. The molecule has 3 rings (SSSR count). The van der Waals surface area contributed by atoms with Crippen LogP contribution in [0.15, 0.2) is 40.2 Å². The average molecular weight is 288 g/mol. The molecule has 0 aliphatic carbocycles. The van der Waals surface area contributed by atoms with Gasteiger partial charge in [0.2, 0.25) is 11.3 Å². The van der Waals surface area contributed by atoms with Gasteiger partial charge in [-0.15, -0.1) is 0 Å². The molecule has 1 aliphatic rings. The summed E-state index contributed by atoms with van der Waals surface area (Å²) in [6.45, 7) is 0.792. The molecule has 7 heteroatoms. The summed E-state index contributed by atoms with van der Waals surface area (Å²) in [4.78, 5) is 27.8. The number of amidine groups is 1. The molecule has 2 aromatic rings. The lowest BCUT2D eigenvalue weighted by atomic mass is 10.2. The van der Waals surface area contributed by atoms with Gasteiger partial charge in [0.15, 0.2) is 5.17 Å². The monoisotopic (exact) mass is 288 g/mol. The minimum absolute atomic E-state index is 0.0559. The number of benzene rings is 1. The fraction of sp³-hybridized carbons (Fsp3) is 0.231. The Bertz CT molecular complexity index is 753. The van der Waals surface area contributed by atoms with E-state index in [1.165, 1.54) is 22.6 Å². The summed E-state index contributed by atoms with van der Waals surface area (Å²) in [5.74, 6) is 0.703. The van der Waals surface area contributed by atoms with Crippen molar-refractivity contribution >= 4 is 33.7 Å². The van der Waals surface area contributed by atoms with Crippen molar-refractivity contribution in [2.24, 2.45) is 4.99 Å². The van der Waals surface area contributed by atoms with Crippen LogP contribution in [0.3, 0.4) is 0 Å².